The Kier molecular flexibility index (Phi) is 5.15. The second-order valence-electron chi connectivity index (χ2n) is 5.01. The minimum Gasteiger partial charge on any atom is -0.480 e. The fourth-order valence-corrected chi connectivity index (χ4v) is 2.00. The van der Waals surface area contributed by atoms with Crippen molar-refractivity contribution in [3.8, 4) is 11.8 Å². The third-order valence-corrected chi connectivity index (χ3v) is 3.09. The van der Waals surface area contributed by atoms with Crippen LogP contribution in [0.4, 0.5) is 0 Å². The van der Waals surface area contributed by atoms with E-state index in [2.05, 4.69) is 10.4 Å². The zero-order valence-electron chi connectivity index (χ0n) is 12.6. The summed E-state index contributed by atoms with van der Waals surface area (Å²) in [7, 11) is 0. The molecule has 1 aromatic carbocycles. The third kappa shape index (κ3) is 4.09. The van der Waals surface area contributed by atoms with Gasteiger partial charge in [0, 0.05) is 18.4 Å². The Bertz CT molecular complexity index is 661. The van der Waals surface area contributed by atoms with Crippen LogP contribution < -0.4 is 10.1 Å². The summed E-state index contributed by atoms with van der Waals surface area (Å²) in [4.78, 5) is 12.1. The number of carbonyl (C=O) groups excluding carboxylic acids is 1. The molecule has 1 heterocycles. The first kappa shape index (κ1) is 15.6. The van der Waals surface area contributed by atoms with Crippen LogP contribution >= 0.6 is 0 Å². The standard InChI is InChI=1S/C16H18N4O2/c1-12(11-20-9-5-8-18-20)19-16(21)13(2)22-15-7-4-3-6-14(15)10-17/h3-9,12-13H,11H2,1-2H3,(H,19,21)/t12-,13+/m0/s1. The minimum atomic E-state index is -0.686. The predicted molar refractivity (Wildman–Crippen MR) is 81.1 cm³/mol. The number of para-hydroxylation sites is 1. The van der Waals surface area contributed by atoms with Gasteiger partial charge in [-0.15, -0.1) is 0 Å². The van der Waals surface area contributed by atoms with Gasteiger partial charge in [-0.2, -0.15) is 10.4 Å². The van der Waals surface area contributed by atoms with E-state index < -0.39 is 6.10 Å². The first-order valence-electron chi connectivity index (χ1n) is 7.03. The molecule has 2 atom stereocenters. The summed E-state index contributed by atoms with van der Waals surface area (Å²) in [6, 6.07) is 10.6. The number of ether oxygens (including phenoxy) is 1. The van der Waals surface area contributed by atoms with Crippen molar-refractivity contribution < 1.29 is 9.53 Å². The molecule has 2 aromatic rings. The summed E-state index contributed by atoms with van der Waals surface area (Å²) >= 11 is 0. The molecule has 0 unspecified atom stereocenters. The number of carbonyl (C=O) groups is 1. The predicted octanol–water partition coefficient (Wildman–Crippen LogP) is 1.73. The molecule has 0 fully saturated rings. The molecule has 1 aromatic heterocycles. The van der Waals surface area contributed by atoms with Crippen molar-refractivity contribution in [1.82, 2.24) is 15.1 Å². The average Bonchev–Trinajstić information content (AvgIpc) is 3.00. The maximum atomic E-state index is 12.1. The lowest BCUT2D eigenvalue weighted by Crippen LogP contribution is -2.43. The molecule has 0 spiro atoms. The molecule has 0 radical (unpaired) electrons. The number of benzene rings is 1. The normalized spacial score (nSPS) is 13.0. The Hall–Kier alpha value is -2.81. The highest BCUT2D eigenvalue weighted by Crippen LogP contribution is 2.18. The summed E-state index contributed by atoms with van der Waals surface area (Å²) in [6.07, 6.45) is 2.85. The maximum Gasteiger partial charge on any atom is 0.261 e. The van der Waals surface area contributed by atoms with Crippen LogP contribution in [0.25, 0.3) is 0 Å². The number of nitrogens with one attached hydrogen (secondary N) is 1. The fourth-order valence-electron chi connectivity index (χ4n) is 2.00. The molecule has 114 valence electrons. The van der Waals surface area contributed by atoms with Crippen molar-refractivity contribution in [2.24, 2.45) is 0 Å². The lowest BCUT2D eigenvalue weighted by molar-refractivity contribution is -0.128. The van der Waals surface area contributed by atoms with Gasteiger partial charge >= 0.3 is 0 Å². The van der Waals surface area contributed by atoms with E-state index >= 15 is 0 Å². The zero-order valence-corrected chi connectivity index (χ0v) is 12.6. The Balaban J connectivity index is 1.90. The quantitative estimate of drug-likeness (QED) is 0.880. The summed E-state index contributed by atoms with van der Waals surface area (Å²) < 4.78 is 7.33. The lowest BCUT2D eigenvalue weighted by atomic mass is 10.2. The lowest BCUT2D eigenvalue weighted by Gasteiger charge is -2.19. The van der Waals surface area contributed by atoms with Crippen molar-refractivity contribution in [3.63, 3.8) is 0 Å². The van der Waals surface area contributed by atoms with Gasteiger partial charge in [0.15, 0.2) is 6.10 Å². The molecule has 6 heteroatoms. The van der Waals surface area contributed by atoms with Crippen LogP contribution in [-0.4, -0.2) is 27.8 Å². The molecule has 0 aliphatic carbocycles. The molecule has 2 rings (SSSR count). The summed E-state index contributed by atoms with van der Waals surface area (Å²) in [6.45, 7) is 4.14. The van der Waals surface area contributed by atoms with Gasteiger partial charge in [-0.05, 0) is 32.0 Å². The van der Waals surface area contributed by atoms with E-state index in [1.54, 1.807) is 42.1 Å². The van der Waals surface area contributed by atoms with Crippen molar-refractivity contribution >= 4 is 5.91 Å². The number of hydrogen-bond acceptors (Lipinski definition) is 4. The first-order chi connectivity index (χ1) is 10.6. The Morgan fingerprint density at radius 1 is 1.41 bits per heavy atom. The van der Waals surface area contributed by atoms with E-state index in [1.807, 2.05) is 25.3 Å². The van der Waals surface area contributed by atoms with Crippen molar-refractivity contribution in [1.29, 1.82) is 5.26 Å². The second-order valence-corrected chi connectivity index (χ2v) is 5.01. The van der Waals surface area contributed by atoms with Crippen LogP contribution in [0.1, 0.15) is 19.4 Å². The molecule has 22 heavy (non-hydrogen) atoms. The number of nitriles is 1. The van der Waals surface area contributed by atoms with Crippen LogP contribution in [0.3, 0.4) is 0 Å². The highest BCUT2D eigenvalue weighted by molar-refractivity contribution is 5.81. The number of amides is 1. The van der Waals surface area contributed by atoms with Gasteiger partial charge in [-0.25, -0.2) is 0 Å². The Labute approximate surface area is 129 Å². The molecule has 0 aliphatic rings. The first-order valence-corrected chi connectivity index (χ1v) is 7.03. The van der Waals surface area contributed by atoms with Crippen LogP contribution in [0.15, 0.2) is 42.7 Å². The van der Waals surface area contributed by atoms with Crippen molar-refractivity contribution in [2.45, 2.75) is 32.5 Å². The number of aromatic nitrogens is 2. The van der Waals surface area contributed by atoms with Gasteiger partial charge < -0.3 is 10.1 Å². The second kappa shape index (κ2) is 7.27. The smallest absolute Gasteiger partial charge is 0.261 e. The van der Waals surface area contributed by atoms with E-state index in [0.29, 0.717) is 17.9 Å². The minimum absolute atomic E-state index is 0.0790. The van der Waals surface area contributed by atoms with Crippen molar-refractivity contribution in [3.05, 3.63) is 48.3 Å². The largest absolute Gasteiger partial charge is 0.480 e. The van der Waals surface area contributed by atoms with Crippen LogP contribution in [-0.2, 0) is 11.3 Å². The SMILES string of the molecule is C[C@@H](Cn1cccn1)NC(=O)[C@@H](C)Oc1ccccc1C#N. The van der Waals surface area contributed by atoms with Gasteiger partial charge in [0.2, 0.25) is 0 Å². The van der Waals surface area contributed by atoms with Crippen molar-refractivity contribution in [2.75, 3.05) is 0 Å². The molecule has 1 N–H and O–H groups in total. The molecular formula is C16H18N4O2. The molecule has 0 saturated carbocycles. The van der Waals surface area contributed by atoms with Gasteiger partial charge in [-0.1, -0.05) is 12.1 Å². The summed E-state index contributed by atoms with van der Waals surface area (Å²) in [5.74, 6) is 0.180. The molecule has 1 amide bonds. The number of nitrogens with zero attached hydrogens (tertiary/aromatic N) is 3. The van der Waals surface area contributed by atoms with Gasteiger partial charge in [-0.3, -0.25) is 9.48 Å². The van der Waals surface area contributed by atoms with Crippen LogP contribution in [0.5, 0.6) is 5.75 Å². The van der Waals surface area contributed by atoms with E-state index in [1.165, 1.54) is 0 Å². The van der Waals surface area contributed by atoms with E-state index in [4.69, 9.17) is 10.00 Å². The molecule has 0 aliphatic heterocycles. The van der Waals surface area contributed by atoms with E-state index in [9.17, 15) is 4.79 Å². The number of hydrogen-bond donors (Lipinski definition) is 1. The van der Waals surface area contributed by atoms with E-state index in [-0.39, 0.29) is 11.9 Å². The number of rotatable bonds is 6. The highest BCUT2D eigenvalue weighted by Gasteiger charge is 2.18. The fraction of sp³-hybridized carbons (Fsp3) is 0.312. The van der Waals surface area contributed by atoms with Gasteiger partial charge in [0.25, 0.3) is 5.91 Å². The molecule has 6 nitrogen and oxygen atoms in total. The third-order valence-electron chi connectivity index (χ3n) is 3.09. The highest BCUT2D eigenvalue weighted by atomic mass is 16.5. The van der Waals surface area contributed by atoms with E-state index in [0.717, 1.165) is 0 Å². The summed E-state index contributed by atoms with van der Waals surface area (Å²) in [5, 5.41) is 16.0. The topological polar surface area (TPSA) is 79.9 Å². The summed E-state index contributed by atoms with van der Waals surface area (Å²) in [5.41, 5.74) is 0.409. The molecule has 0 saturated heterocycles. The average molecular weight is 298 g/mol. The maximum absolute atomic E-state index is 12.1. The molecular weight excluding hydrogens is 280 g/mol. The van der Waals surface area contributed by atoms with Crippen LogP contribution in [0.2, 0.25) is 0 Å². The van der Waals surface area contributed by atoms with Gasteiger partial charge in [0.1, 0.15) is 11.8 Å². The Morgan fingerprint density at radius 2 is 2.18 bits per heavy atom. The molecule has 0 bridgehead atoms. The van der Waals surface area contributed by atoms with Crippen LogP contribution in [0, 0.1) is 11.3 Å². The zero-order chi connectivity index (χ0) is 15.9. The van der Waals surface area contributed by atoms with Gasteiger partial charge in [0.05, 0.1) is 12.1 Å². The monoisotopic (exact) mass is 298 g/mol. The Morgan fingerprint density at radius 3 is 2.86 bits per heavy atom.